The number of carbonyl (C=O) groups is 1. The van der Waals surface area contributed by atoms with Gasteiger partial charge in [0.25, 0.3) is 5.91 Å². The lowest BCUT2D eigenvalue weighted by Crippen LogP contribution is -2.27. The third-order valence-electron chi connectivity index (χ3n) is 4.42. The van der Waals surface area contributed by atoms with Gasteiger partial charge in [0.2, 0.25) is 5.75 Å². The summed E-state index contributed by atoms with van der Waals surface area (Å²) >= 11 is 0. The normalized spacial score (nSPS) is 15.4. The van der Waals surface area contributed by atoms with Gasteiger partial charge in [-0.3, -0.25) is 4.79 Å². The van der Waals surface area contributed by atoms with Gasteiger partial charge in [0.15, 0.2) is 11.5 Å². The van der Waals surface area contributed by atoms with Crippen molar-refractivity contribution in [1.29, 1.82) is 0 Å². The Kier molecular flexibility index (Phi) is 4.79. The van der Waals surface area contributed by atoms with E-state index < -0.39 is 0 Å². The maximum Gasteiger partial charge on any atom is 0.252 e. The van der Waals surface area contributed by atoms with Gasteiger partial charge in [-0.15, -0.1) is 0 Å². The molecule has 25 heavy (non-hydrogen) atoms. The number of hydrogen-bond donors (Lipinski definition) is 1. The molecule has 2 aromatic carbocycles. The van der Waals surface area contributed by atoms with Gasteiger partial charge in [-0.1, -0.05) is 6.07 Å². The second kappa shape index (κ2) is 7.01. The molecule has 5 nitrogen and oxygen atoms in total. The first-order chi connectivity index (χ1) is 12.1. The minimum Gasteiger partial charge on any atom is -0.493 e. The number of aryl methyl sites for hydroxylation is 1. The van der Waals surface area contributed by atoms with Crippen LogP contribution in [0.25, 0.3) is 0 Å². The molecule has 1 N–H and O–H groups in total. The van der Waals surface area contributed by atoms with E-state index >= 15 is 0 Å². The molecule has 0 heterocycles. The summed E-state index contributed by atoms with van der Waals surface area (Å²) in [5.41, 5.74) is 2.31. The number of ether oxygens (including phenoxy) is 3. The highest BCUT2D eigenvalue weighted by atomic mass is 19.1. The summed E-state index contributed by atoms with van der Waals surface area (Å²) in [6, 6.07) is 7.76. The van der Waals surface area contributed by atoms with Crippen LogP contribution in [0.2, 0.25) is 0 Å². The minimum absolute atomic E-state index is 0.137. The Labute approximate surface area is 145 Å². The molecule has 0 saturated carbocycles. The zero-order chi connectivity index (χ0) is 18.0. The standard InChI is InChI=1S/C19H20FNO4/c1-23-16-9-12(10-17(24-2)18(16)25-3)19(22)21-15-7-4-11-8-13(20)5-6-14(11)15/h5-6,8-10,15H,4,7H2,1-3H3,(H,21,22)/t15-/m1/s1. The fourth-order valence-corrected chi connectivity index (χ4v) is 3.19. The summed E-state index contributed by atoms with van der Waals surface area (Å²) < 4.78 is 29.2. The summed E-state index contributed by atoms with van der Waals surface area (Å²) in [7, 11) is 4.51. The number of methoxy groups -OCH3 is 3. The second-order valence-electron chi connectivity index (χ2n) is 5.82. The van der Waals surface area contributed by atoms with Crippen LogP contribution in [0.4, 0.5) is 4.39 Å². The van der Waals surface area contributed by atoms with Gasteiger partial charge in [0.05, 0.1) is 27.4 Å². The van der Waals surface area contributed by atoms with Crippen LogP contribution in [0.3, 0.4) is 0 Å². The average Bonchev–Trinajstić information content (AvgIpc) is 3.01. The molecule has 0 saturated heterocycles. The van der Waals surface area contributed by atoms with Crippen molar-refractivity contribution in [1.82, 2.24) is 5.32 Å². The van der Waals surface area contributed by atoms with Gasteiger partial charge in [0, 0.05) is 5.56 Å². The zero-order valence-corrected chi connectivity index (χ0v) is 14.4. The number of rotatable bonds is 5. The first-order valence-electron chi connectivity index (χ1n) is 7.96. The maximum atomic E-state index is 13.3. The van der Waals surface area contributed by atoms with E-state index in [0.717, 1.165) is 24.0 Å². The van der Waals surface area contributed by atoms with Gasteiger partial charge in [0.1, 0.15) is 5.82 Å². The van der Waals surface area contributed by atoms with Crippen LogP contribution in [0, 0.1) is 5.82 Å². The number of hydrogen-bond acceptors (Lipinski definition) is 4. The third kappa shape index (κ3) is 3.24. The number of amides is 1. The minimum atomic E-state index is -0.254. The summed E-state index contributed by atoms with van der Waals surface area (Å²) in [5.74, 6) is 0.766. The van der Waals surface area contributed by atoms with E-state index in [1.165, 1.54) is 33.5 Å². The van der Waals surface area contributed by atoms with Gasteiger partial charge < -0.3 is 19.5 Å². The van der Waals surface area contributed by atoms with Crippen LogP contribution in [0.5, 0.6) is 17.2 Å². The zero-order valence-electron chi connectivity index (χ0n) is 14.4. The quantitative estimate of drug-likeness (QED) is 0.904. The first-order valence-corrected chi connectivity index (χ1v) is 7.96. The lowest BCUT2D eigenvalue weighted by Gasteiger charge is -2.17. The van der Waals surface area contributed by atoms with E-state index in [2.05, 4.69) is 5.32 Å². The van der Waals surface area contributed by atoms with Crippen molar-refractivity contribution in [3.05, 3.63) is 52.8 Å². The molecule has 0 spiro atoms. The molecule has 6 heteroatoms. The summed E-state index contributed by atoms with van der Waals surface area (Å²) in [6.07, 6.45) is 1.49. The Bertz CT molecular complexity index is 781. The maximum absolute atomic E-state index is 13.3. The summed E-state index contributed by atoms with van der Waals surface area (Å²) in [4.78, 5) is 12.7. The predicted molar refractivity (Wildman–Crippen MR) is 91.0 cm³/mol. The summed E-state index contributed by atoms with van der Waals surface area (Å²) in [5, 5.41) is 3.00. The van der Waals surface area contributed by atoms with Crippen molar-refractivity contribution in [3.8, 4) is 17.2 Å². The van der Waals surface area contributed by atoms with Gasteiger partial charge >= 0.3 is 0 Å². The molecule has 0 aromatic heterocycles. The highest BCUT2D eigenvalue weighted by Gasteiger charge is 2.25. The Balaban J connectivity index is 1.85. The smallest absolute Gasteiger partial charge is 0.252 e. The van der Waals surface area contributed by atoms with Crippen molar-refractivity contribution in [2.75, 3.05) is 21.3 Å². The van der Waals surface area contributed by atoms with E-state index in [1.807, 2.05) is 0 Å². The van der Waals surface area contributed by atoms with Crippen molar-refractivity contribution in [3.63, 3.8) is 0 Å². The molecule has 1 aliphatic carbocycles. The lowest BCUT2D eigenvalue weighted by atomic mass is 10.1. The lowest BCUT2D eigenvalue weighted by molar-refractivity contribution is 0.0936. The van der Waals surface area contributed by atoms with Crippen LogP contribution in [0.1, 0.15) is 33.9 Å². The van der Waals surface area contributed by atoms with E-state index in [9.17, 15) is 9.18 Å². The molecular weight excluding hydrogens is 325 g/mol. The summed E-state index contributed by atoms with van der Waals surface area (Å²) in [6.45, 7) is 0. The molecule has 0 unspecified atom stereocenters. The molecule has 0 aliphatic heterocycles. The predicted octanol–water partition coefficient (Wildman–Crippen LogP) is 3.27. The number of nitrogens with one attached hydrogen (secondary N) is 1. The van der Waals surface area contributed by atoms with Gasteiger partial charge in [-0.2, -0.15) is 0 Å². The van der Waals surface area contributed by atoms with Crippen molar-refractivity contribution < 1.29 is 23.4 Å². The molecular formula is C19H20FNO4. The number of halogens is 1. The highest BCUT2D eigenvalue weighted by Crippen LogP contribution is 2.38. The molecule has 0 fully saturated rings. The van der Waals surface area contributed by atoms with E-state index in [0.29, 0.717) is 22.8 Å². The topological polar surface area (TPSA) is 56.8 Å². The fraction of sp³-hybridized carbons (Fsp3) is 0.316. The molecule has 0 bridgehead atoms. The Morgan fingerprint density at radius 2 is 1.76 bits per heavy atom. The molecule has 0 radical (unpaired) electrons. The number of fused-ring (bicyclic) bond motifs is 1. The number of benzene rings is 2. The molecule has 132 valence electrons. The average molecular weight is 345 g/mol. The monoisotopic (exact) mass is 345 g/mol. The molecule has 3 rings (SSSR count). The fourth-order valence-electron chi connectivity index (χ4n) is 3.19. The van der Waals surface area contributed by atoms with Crippen molar-refractivity contribution >= 4 is 5.91 Å². The molecule has 1 amide bonds. The molecule has 1 atom stereocenters. The third-order valence-corrected chi connectivity index (χ3v) is 4.42. The van der Waals surface area contributed by atoms with Gasteiger partial charge in [-0.25, -0.2) is 4.39 Å². The van der Waals surface area contributed by atoms with Crippen LogP contribution >= 0.6 is 0 Å². The largest absolute Gasteiger partial charge is 0.493 e. The van der Waals surface area contributed by atoms with Crippen LogP contribution in [0.15, 0.2) is 30.3 Å². The highest BCUT2D eigenvalue weighted by molar-refractivity contribution is 5.96. The van der Waals surface area contributed by atoms with Crippen LogP contribution in [-0.2, 0) is 6.42 Å². The number of carbonyl (C=O) groups excluding carboxylic acids is 1. The Hall–Kier alpha value is -2.76. The van der Waals surface area contributed by atoms with Crippen molar-refractivity contribution in [2.45, 2.75) is 18.9 Å². The van der Waals surface area contributed by atoms with Crippen molar-refractivity contribution in [2.24, 2.45) is 0 Å². The first kappa shape index (κ1) is 17.1. The Morgan fingerprint density at radius 3 is 2.36 bits per heavy atom. The van der Waals surface area contributed by atoms with E-state index in [4.69, 9.17) is 14.2 Å². The second-order valence-corrected chi connectivity index (χ2v) is 5.82. The molecule has 1 aliphatic rings. The van der Waals surface area contributed by atoms with Crippen LogP contribution in [-0.4, -0.2) is 27.2 Å². The Morgan fingerprint density at radius 1 is 1.08 bits per heavy atom. The molecule has 2 aromatic rings. The SMILES string of the molecule is COc1cc(C(=O)N[C@@H]2CCc3cc(F)ccc32)cc(OC)c1OC. The van der Waals surface area contributed by atoms with E-state index in [-0.39, 0.29) is 17.8 Å². The van der Waals surface area contributed by atoms with Crippen LogP contribution < -0.4 is 19.5 Å². The van der Waals surface area contributed by atoms with E-state index in [1.54, 1.807) is 18.2 Å². The van der Waals surface area contributed by atoms with Gasteiger partial charge in [-0.05, 0) is 48.2 Å².